The summed E-state index contributed by atoms with van der Waals surface area (Å²) in [7, 11) is 0. The van der Waals surface area contributed by atoms with E-state index in [-0.39, 0.29) is 17.8 Å². The third-order valence-corrected chi connectivity index (χ3v) is 9.14. The minimum Gasteiger partial charge on any atom is -0.372 e. The molecule has 0 radical (unpaired) electrons. The molecule has 0 unspecified atom stereocenters. The average molecular weight is 536 g/mol. The van der Waals surface area contributed by atoms with E-state index in [1.807, 2.05) is 53.1 Å². The minimum absolute atomic E-state index is 0.0855. The number of amides is 1. The van der Waals surface area contributed by atoms with Crippen LogP contribution in [-0.4, -0.2) is 43.6 Å². The van der Waals surface area contributed by atoms with Gasteiger partial charge in [-0.1, -0.05) is 73.8 Å². The van der Waals surface area contributed by atoms with Crippen LogP contribution in [0, 0.1) is 5.92 Å². The number of thioether (sulfide) groups is 2. The standard InChI is InChI=1S/C26H25N5O2S3/c1-14(2)19-11-17-20(12-33-19)36-24-22(17)23-29-30-26(31(23)25(28-24)34-3)35-13-21(32)27-18-10-6-8-15-7-4-5-9-16(15)18/h4-10,14,19H,11-13H2,1-3H3,(H,27,32)/t19-/m1/s1. The van der Waals surface area contributed by atoms with Crippen LogP contribution in [0.1, 0.15) is 24.3 Å². The highest BCUT2D eigenvalue weighted by Crippen LogP contribution is 2.40. The number of carbonyl (C=O) groups excluding carboxylic acids is 1. The fourth-order valence-corrected chi connectivity index (χ4v) is 7.14. The average Bonchev–Trinajstić information content (AvgIpc) is 3.47. The lowest BCUT2D eigenvalue weighted by molar-refractivity contribution is -0.113. The molecule has 5 aromatic rings. The van der Waals surface area contributed by atoms with Crippen molar-refractivity contribution in [3.8, 4) is 0 Å². The van der Waals surface area contributed by atoms with Gasteiger partial charge in [0.25, 0.3) is 0 Å². The Bertz CT molecular complexity index is 1600. The van der Waals surface area contributed by atoms with E-state index in [1.54, 1.807) is 23.1 Å². The summed E-state index contributed by atoms with van der Waals surface area (Å²) in [6, 6.07) is 14.0. The Morgan fingerprint density at radius 2 is 2.03 bits per heavy atom. The van der Waals surface area contributed by atoms with Gasteiger partial charge >= 0.3 is 0 Å². The molecule has 0 spiro atoms. The molecule has 2 aromatic carbocycles. The van der Waals surface area contributed by atoms with Crippen molar-refractivity contribution in [2.24, 2.45) is 5.92 Å². The normalized spacial score (nSPS) is 15.7. The molecule has 36 heavy (non-hydrogen) atoms. The molecule has 1 N–H and O–H groups in total. The summed E-state index contributed by atoms with van der Waals surface area (Å²) >= 11 is 4.62. The zero-order valence-corrected chi connectivity index (χ0v) is 22.6. The van der Waals surface area contributed by atoms with Gasteiger partial charge in [-0.15, -0.1) is 21.5 Å². The largest absolute Gasteiger partial charge is 0.372 e. The topological polar surface area (TPSA) is 81.4 Å². The fourth-order valence-electron chi connectivity index (χ4n) is 4.63. The molecular weight excluding hydrogens is 511 g/mol. The third kappa shape index (κ3) is 4.15. The van der Waals surface area contributed by atoms with Crippen molar-refractivity contribution in [3.63, 3.8) is 0 Å². The number of hydrogen-bond acceptors (Lipinski definition) is 8. The molecule has 3 aromatic heterocycles. The molecule has 6 rings (SSSR count). The molecule has 7 nitrogen and oxygen atoms in total. The first-order valence-electron chi connectivity index (χ1n) is 11.8. The van der Waals surface area contributed by atoms with Crippen LogP contribution in [-0.2, 0) is 22.6 Å². The zero-order chi connectivity index (χ0) is 24.8. The van der Waals surface area contributed by atoms with Gasteiger partial charge in [-0.3, -0.25) is 4.79 Å². The molecule has 0 saturated carbocycles. The van der Waals surface area contributed by atoms with Crippen molar-refractivity contribution >= 4 is 73.1 Å². The van der Waals surface area contributed by atoms with Crippen LogP contribution in [0.25, 0.3) is 26.6 Å². The first kappa shape index (κ1) is 23.7. The van der Waals surface area contributed by atoms with Crippen molar-refractivity contribution in [1.82, 2.24) is 19.6 Å². The number of nitrogens with one attached hydrogen (secondary N) is 1. The number of fused-ring (bicyclic) bond motifs is 6. The highest BCUT2D eigenvalue weighted by atomic mass is 32.2. The van der Waals surface area contributed by atoms with E-state index < -0.39 is 0 Å². The van der Waals surface area contributed by atoms with Crippen molar-refractivity contribution in [2.45, 2.75) is 43.3 Å². The van der Waals surface area contributed by atoms with Crippen molar-refractivity contribution in [2.75, 3.05) is 17.3 Å². The minimum atomic E-state index is -0.0855. The van der Waals surface area contributed by atoms with E-state index in [0.29, 0.717) is 17.7 Å². The van der Waals surface area contributed by atoms with E-state index in [9.17, 15) is 4.79 Å². The van der Waals surface area contributed by atoms with E-state index in [1.165, 1.54) is 22.2 Å². The van der Waals surface area contributed by atoms with Crippen LogP contribution in [0.2, 0.25) is 0 Å². The molecule has 0 saturated heterocycles. The first-order chi connectivity index (χ1) is 17.5. The quantitative estimate of drug-likeness (QED) is 0.210. The molecule has 1 amide bonds. The highest BCUT2D eigenvalue weighted by Gasteiger charge is 2.29. The fraction of sp³-hybridized carbons (Fsp3) is 0.308. The summed E-state index contributed by atoms with van der Waals surface area (Å²) in [5.74, 6) is 0.574. The highest BCUT2D eigenvalue weighted by molar-refractivity contribution is 8.00. The number of carbonyl (C=O) groups is 1. The summed E-state index contributed by atoms with van der Waals surface area (Å²) in [4.78, 5) is 20.0. The molecule has 1 aliphatic heterocycles. The van der Waals surface area contributed by atoms with Crippen LogP contribution < -0.4 is 5.32 Å². The monoisotopic (exact) mass is 535 g/mol. The van der Waals surface area contributed by atoms with Gasteiger partial charge in [0.15, 0.2) is 16.0 Å². The summed E-state index contributed by atoms with van der Waals surface area (Å²) in [6.45, 7) is 5.00. The van der Waals surface area contributed by atoms with Crippen LogP contribution in [0.3, 0.4) is 0 Å². The lowest BCUT2D eigenvalue weighted by Gasteiger charge is -2.26. The molecule has 0 aliphatic carbocycles. The lowest BCUT2D eigenvalue weighted by atomic mass is 9.96. The smallest absolute Gasteiger partial charge is 0.234 e. The summed E-state index contributed by atoms with van der Waals surface area (Å²) in [6.07, 6.45) is 3.04. The number of anilines is 1. The molecule has 0 bridgehead atoms. The molecule has 184 valence electrons. The molecular formula is C26H25N5O2S3. The van der Waals surface area contributed by atoms with Gasteiger partial charge in [0.1, 0.15) is 4.83 Å². The first-order valence-corrected chi connectivity index (χ1v) is 14.8. The lowest BCUT2D eigenvalue weighted by Crippen LogP contribution is -2.26. The predicted octanol–water partition coefficient (Wildman–Crippen LogP) is 6.04. The Morgan fingerprint density at radius 1 is 1.19 bits per heavy atom. The number of nitrogens with zero attached hydrogens (tertiary/aromatic N) is 4. The Labute approximate surface area is 221 Å². The second-order valence-electron chi connectivity index (χ2n) is 9.09. The number of benzene rings is 2. The van der Waals surface area contributed by atoms with Gasteiger partial charge < -0.3 is 10.1 Å². The van der Waals surface area contributed by atoms with Crippen molar-refractivity contribution < 1.29 is 9.53 Å². The van der Waals surface area contributed by atoms with Gasteiger partial charge in [0, 0.05) is 22.4 Å². The van der Waals surface area contributed by atoms with Crippen molar-refractivity contribution in [3.05, 3.63) is 52.9 Å². The van der Waals surface area contributed by atoms with Gasteiger partial charge in [0.05, 0.1) is 23.8 Å². The molecule has 10 heteroatoms. The Morgan fingerprint density at radius 3 is 2.86 bits per heavy atom. The van der Waals surface area contributed by atoms with E-state index in [4.69, 9.17) is 9.72 Å². The summed E-state index contributed by atoms with van der Waals surface area (Å²) in [5.41, 5.74) is 2.90. The summed E-state index contributed by atoms with van der Waals surface area (Å²) in [5, 5.41) is 16.8. The third-order valence-electron chi connectivity index (χ3n) is 6.47. The van der Waals surface area contributed by atoms with E-state index in [2.05, 4.69) is 29.4 Å². The number of hydrogen-bond donors (Lipinski definition) is 1. The zero-order valence-electron chi connectivity index (χ0n) is 20.1. The SMILES string of the molecule is CSc1nc2sc3c(c2c2nnc(SCC(=O)Nc4cccc5ccccc45)n12)C[C@H](C(C)C)OC3. The maximum absolute atomic E-state index is 12.9. The molecule has 1 atom stereocenters. The van der Waals surface area contributed by atoms with Gasteiger partial charge in [0.2, 0.25) is 5.91 Å². The molecule has 0 fully saturated rings. The van der Waals surface area contributed by atoms with Crippen LogP contribution in [0.4, 0.5) is 5.69 Å². The number of rotatable bonds is 6. The van der Waals surface area contributed by atoms with Gasteiger partial charge in [-0.25, -0.2) is 9.38 Å². The second-order valence-corrected chi connectivity index (χ2v) is 11.9. The number of thiophene rings is 1. The number of aromatic nitrogens is 4. The van der Waals surface area contributed by atoms with E-state index in [0.717, 1.165) is 43.9 Å². The van der Waals surface area contributed by atoms with Crippen LogP contribution in [0.15, 0.2) is 52.8 Å². The molecule has 1 aliphatic rings. The van der Waals surface area contributed by atoms with Crippen LogP contribution >= 0.6 is 34.9 Å². The Hall–Kier alpha value is -2.66. The van der Waals surface area contributed by atoms with Crippen molar-refractivity contribution in [1.29, 1.82) is 0 Å². The predicted molar refractivity (Wildman–Crippen MR) is 148 cm³/mol. The maximum Gasteiger partial charge on any atom is 0.234 e. The molecule has 4 heterocycles. The maximum atomic E-state index is 12.9. The van der Waals surface area contributed by atoms with Gasteiger partial charge in [-0.2, -0.15) is 0 Å². The second kappa shape index (κ2) is 9.66. The number of ether oxygens (including phenoxy) is 1. The van der Waals surface area contributed by atoms with Gasteiger partial charge in [-0.05, 0) is 29.2 Å². The van der Waals surface area contributed by atoms with Crippen LogP contribution in [0.5, 0.6) is 0 Å². The summed E-state index contributed by atoms with van der Waals surface area (Å²) < 4.78 is 8.09. The van der Waals surface area contributed by atoms with E-state index >= 15 is 0 Å². The Kier molecular flexibility index (Phi) is 6.37. The Balaban J connectivity index is 1.30.